The number of nitriles is 1. The molecule has 0 aliphatic carbocycles. The Morgan fingerprint density at radius 2 is 2.05 bits per heavy atom. The number of pyridine rings is 1. The lowest BCUT2D eigenvalue weighted by Gasteiger charge is -2.11. The molecule has 0 amide bonds. The van der Waals surface area contributed by atoms with Gasteiger partial charge in [-0.3, -0.25) is 4.98 Å². The highest BCUT2D eigenvalue weighted by molar-refractivity contribution is 5.25. The van der Waals surface area contributed by atoms with Crippen LogP contribution in [0.5, 0.6) is 0 Å². The van der Waals surface area contributed by atoms with Gasteiger partial charge in [0, 0.05) is 25.5 Å². The van der Waals surface area contributed by atoms with Gasteiger partial charge >= 0.3 is 0 Å². The molecule has 0 bridgehead atoms. The van der Waals surface area contributed by atoms with Crippen molar-refractivity contribution in [3.8, 4) is 6.07 Å². The summed E-state index contributed by atoms with van der Waals surface area (Å²) in [4.78, 5) is 4.12. The van der Waals surface area contributed by atoms with Crippen molar-refractivity contribution >= 4 is 0 Å². The van der Waals surface area contributed by atoms with Crippen LogP contribution in [0.25, 0.3) is 0 Å². The Morgan fingerprint density at radius 1 is 1.26 bits per heavy atom. The normalized spacial score (nSPS) is 11.8. The zero-order chi connectivity index (χ0) is 13.5. The fourth-order valence-corrected chi connectivity index (χ4v) is 1.96. The van der Waals surface area contributed by atoms with Crippen LogP contribution in [0.2, 0.25) is 0 Å². The van der Waals surface area contributed by atoms with E-state index in [1.165, 1.54) is 11.1 Å². The van der Waals surface area contributed by atoms with Crippen molar-refractivity contribution in [2.24, 2.45) is 0 Å². The first kappa shape index (κ1) is 13.3. The standard InChI is InChI=1S/C16H17N3/c1-13-7-8-18-11-16(13)12-19-10-15(9-17)14-5-3-2-4-6-14/h2-8,11,15,19H,10,12H2,1H3. The summed E-state index contributed by atoms with van der Waals surface area (Å²) in [5.74, 6) is -0.113. The lowest BCUT2D eigenvalue weighted by molar-refractivity contribution is 0.649. The maximum atomic E-state index is 9.23. The zero-order valence-corrected chi connectivity index (χ0v) is 11.0. The van der Waals surface area contributed by atoms with Crippen molar-refractivity contribution in [3.63, 3.8) is 0 Å². The molecule has 1 aromatic carbocycles. The van der Waals surface area contributed by atoms with Crippen molar-refractivity contribution < 1.29 is 0 Å². The lowest BCUT2D eigenvalue weighted by atomic mass is 10.0. The van der Waals surface area contributed by atoms with E-state index in [0.717, 1.165) is 12.1 Å². The highest BCUT2D eigenvalue weighted by atomic mass is 14.9. The summed E-state index contributed by atoms with van der Waals surface area (Å²) in [7, 11) is 0. The van der Waals surface area contributed by atoms with Crippen LogP contribution >= 0.6 is 0 Å². The number of hydrogen-bond donors (Lipinski definition) is 1. The second-order valence-electron chi connectivity index (χ2n) is 4.53. The van der Waals surface area contributed by atoms with E-state index in [4.69, 9.17) is 0 Å². The minimum absolute atomic E-state index is 0.113. The van der Waals surface area contributed by atoms with Gasteiger partial charge in [0.2, 0.25) is 0 Å². The minimum Gasteiger partial charge on any atom is -0.311 e. The van der Waals surface area contributed by atoms with Crippen molar-refractivity contribution in [2.75, 3.05) is 6.54 Å². The van der Waals surface area contributed by atoms with E-state index in [2.05, 4.69) is 23.3 Å². The van der Waals surface area contributed by atoms with Crippen LogP contribution in [0.4, 0.5) is 0 Å². The van der Waals surface area contributed by atoms with Gasteiger partial charge in [-0.1, -0.05) is 30.3 Å². The van der Waals surface area contributed by atoms with Crippen molar-refractivity contribution in [3.05, 3.63) is 65.5 Å². The smallest absolute Gasteiger partial charge is 0.0837 e. The largest absolute Gasteiger partial charge is 0.311 e. The van der Waals surface area contributed by atoms with E-state index in [9.17, 15) is 5.26 Å². The molecule has 0 aliphatic heterocycles. The van der Waals surface area contributed by atoms with E-state index in [1.807, 2.05) is 42.6 Å². The van der Waals surface area contributed by atoms with Gasteiger partial charge in [0.25, 0.3) is 0 Å². The van der Waals surface area contributed by atoms with Crippen LogP contribution in [0.3, 0.4) is 0 Å². The quantitative estimate of drug-likeness (QED) is 0.889. The number of nitrogens with one attached hydrogen (secondary N) is 1. The van der Waals surface area contributed by atoms with Crippen molar-refractivity contribution in [1.29, 1.82) is 5.26 Å². The van der Waals surface area contributed by atoms with Gasteiger partial charge in [0.15, 0.2) is 0 Å². The van der Waals surface area contributed by atoms with Crippen molar-refractivity contribution in [2.45, 2.75) is 19.4 Å². The predicted molar refractivity (Wildman–Crippen MR) is 75.5 cm³/mol. The second-order valence-corrected chi connectivity index (χ2v) is 4.53. The van der Waals surface area contributed by atoms with E-state index in [1.54, 1.807) is 6.20 Å². The number of aryl methyl sites for hydroxylation is 1. The van der Waals surface area contributed by atoms with Crippen LogP contribution in [0, 0.1) is 18.3 Å². The van der Waals surface area contributed by atoms with Gasteiger partial charge in [-0.2, -0.15) is 5.26 Å². The molecule has 1 atom stereocenters. The second kappa shape index (κ2) is 6.67. The first-order valence-corrected chi connectivity index (χ1v) is 6.36. The van der Waals surface area contributed by atoms with Crippen LogP contribution in [-0.4, -0.2) is 11.5 Å². The highest BCUT2D eigenvalue weighted by Crippen LogP contribution is 2.13. The summed E-state index contributed by atoms with van der Waals surface area (Å²) in [6.07, 6.45) is 3.66. The number of nitrogens with zero attached hydrogens (tertiary/aromatic N) is 2. The van der Waals surface area contributed by atoms with Gasteiger partial charge in [-0.25, -0.2) is 0 Å². The molecule has 1 unspecified atom stereocenters. The third-order valence-electron chi connectivity index (χ3n) is 3.17. The van der Waals surface area contributed by atoms with E-state index in [0.29, 0.717) is 6.54 Å². The average Bonchev–Trinajstić information content (AvgIpc) is 2.46. The van der Waals surface area contributed by atoms with E-state index in [-0.39, 0.29) is 5.92 Å². The monoisotopic (exact) mass is 251 g/mol. The summed E-state index contributed by atoms with van der Waals surface area (Å²) >= 11 is 0. The average molecular weight is 251 g/mol. The molecule has 0 fully saturated rings. The van der Waals surface area contributed by atoms with Gasteiger partial charge in [0.05, 0.1) is 12.0 Å². The predicted octanol–water partition coefficient (Wildman–Crippen LogP) is 2.79. The van der Waals surface area contributed by atoms with Gasteiger partial charge in [-0.05, 0) is 29.7 Å². The third-order valence-corrected chi connectivity index (χ3v) is 3.17. The van der Waals surface area contributed by atoms with Crippen molar-refractivity contribution in [1.82, 2.24) is 10.3 Å². The number of rotatable bonds is 5. The Kier molecular flexibility index (Phi) is 4.66. The zero-order valence-electron chi connectivity index (χ0n) is 11.0. The summed E-state index contributed by atoms with van der Waals surface area (Å²) in [6, 6.07) is 14.2. The molecular weight excluding hydrogens is 234 g/mol. The maximum absolute atomic E-state index is 9.23. The molecule has 0 saturated heterocycles. The molecule has 0 radical (unpaired) electrons. The highest BCUT2D eigenvalue weighted by Gasteiger charge is 2.09. The molecular formula is C16H17N3. The van der Waals surface area contributed by atoms with Crippen LogP contribution in [0.1, 0.15) is 22.6 Å². The molecule has 96 valence electrons. The van der Waals surface area contributed by atoms with Gasteiger partial charge in [-0.15, -0.1) is 0 Å². The fraction of sp³-hybridized carbons (Fsp3) is 0.250. The van der Waals surface area contributed by atoms with Gasteiger partial charge in [0.1, 0.15) is 0 Å². The molecule has 1 N–H and O–H groups in total. The fourth-order valence-electron chi connectivity index (χ4n) is 1.96. The summed E-state index contributed by atoms with van der Waals surface area (Å²) in [5.41, 5.74) is 3.45. The SMILES string of the molecule is Cc1ccncc1CNCC(C#N)c1ccccc1. The van der Waals surface area contributed by atoms with Crippen LogP contribution < -0.4 is 5.32 Å². The Bertz CT molecular complexity index is 558. The third kappa shape index (κ3) is 3.64. The van der Waals surface area contributed by atoms with Gasteiger partial charge < -0.3 is 5.32 Å². The maximum Gasteiger partial charge on any atom is 0.0837 e. The first-order chi connectivity index (χ1) is 9.31. The molecule has 1 heterocycles. The number of hydrogen-bond acceptors (Lipinski definition) is 3. The molecule has 19 heavy (non-hydrogen) atoms. The molecule has 0 spiro atoms. The van der Waals surface area contributed by atoms with Crippen LogP contribution in [-0.2, 0) is 6.54 Å². The number of aromatic nitrogens is 1. The molecule has 2 rings (SSSR count). The Morgan fingerprint density at radius 3 is 2.74 bits per heavy atom. The Balaban J connectivity index is 1.92. The molecule has 3 nitrogen and oxygen atoms in total. The first-order valence-electron chi connectivity index (χ1n) is 6.36. The molecule has 1 aromatic heterocycles. The Labute approximate surface area is 113 Å². The summed E-state index contributed by atoms with van der Waals surface area (Å²) in [6.45, 7) is 3.46. The van der Waals surface area contributed by atoms with E-state index >= 15 is 0 Å². The molecule has 2 aromatic rings. The summed E-state index contributed by atoms with van der Waals surface area (Å²) < 4.78 is 0. The molecule has 0 aliphatic rings. The lowest BCUT2D eigenvalue weighted by Crippen LogP contribution is -2.21. The van der Waals surface area contributed by atoms with Crippen LogP contribution in [0.15, 0.2) is 48.8 Å². The topological polar surface area (TPSA) is 48.7 Å². The summed E-state index contributed by atoms with van der Waals surface area (Å²) in [5, 5.41) is 12.6. The number of benzene rings is 1. The molecule has 3 heteroatoms. The Hall–Kier alpha value is -2.18. The minimum atomic E-state index is -0.113. The van der Waals surface area contributed by atoms with E-state index < -0.39 is 0 Å². The molecule has 0 saturated carbocycles.